The molecular formula is C14H20ClFN2O. The maximum Gasteiger partial charge on any atom is 0.230 e. The van der Waals surface area contributed by atoms with Crippen LogP contribution in [0.25, 0.3) is 0 Å². The van der Waals surface area contributed by atoms with Crippen LogP contribution < -0.4 is 10.6 Å². The average Bonchev–Trinajstić information content (AvgIpc) is 2.33. The average molecular weight is 287 g/mol. The lowest BCUT2D eigenvalue weighted by molar-refractivity contribution is -0.126. The molecule has 2 rings (SSSR count). The summed E-state index contributed by atoms with van der Waals surface area (Å²) in [5, 5.41) is 6.16. The van der Waals surface area contributed by atoms with E-state index in [4.69, 9.17) is 0 Å². The van der Waals surface area contributed by atoms with Crippen molar-refractivity contribution in [1.82, 2.24) is 5.32 Å². The smallest absolute Gasteiger partial charge is 0.230 e. The lowest BCUT2D eigenvalue weighted by Crippen LogP contribution is -2.42. The van der Waals surface area contributed by atoms with E-state index in [0.717, 1.165) is 31.5 Å². The minimum Gasteiger partial charge on any atom is -0.325 e. The molecule has 1 aliphatic rings. The van der Waals surface area contributed by atoms with Gasteiger partial charge >= 0.3 is 0 Å². The minimum absolute atomic E-state index is 0. The fourth-order valence-corrected chi connectivity index (χ4v) is 2.25. The molecule has 1 fully saturated rings. The second-order valence-electron chi connectivity index (χ2n) is 5.22. The number of amides is 1. The molecule has 0 bridgehead atoms. The molecule has 1 heterocycles. The molecular weight excluding hydrogens is 267 g/mol. The number of nitrogens with one attached hydrogen (secondary N) is 2. The number of anilines is 1. The zero-order valence-corrected chi connectivity index (χ0v) is 12.1. The van der Waals surface area contributed by atoms with Crippen LogP contribution in [-0.2, 0) is 4.79 Å². The second kappa shape index (κ2) is 6.35. The van der Waals surface area contributed by atoms with E-state index in [9.17, 15) is 9.18 Å². The van der Waals surface area contributed by atoms with Gasteiger partial charge in [-0.15, -0.1) is 12.4 Å². The van der Waals surface area contributed by atoms with Gasteiger partial charge in [0.1, 0.15) is 5.82 Å². The zero-order valence-electron chi connectivity index (χ0n) is 11.3. The van der Waals surface area contributed by atoms with Crippen molar-refractivity contribution in [2.75, 3.05) is 18.4 Å². The normalized spacial score (nSPS) is 17.4. The van der Waals surface area contributed by atoms with Gasteiger partial charge in [0.15, 0.2) is 0 Å². The SMILES string of the molecule is Cc1cc(F)ccc1NC(=O)C1(C)CCNCC1.Cl. The number of halogens is 2. The number of hydrogen-bond donors (Lipinski definition) is 2. The third-order valence-electron chi connectivity index (χ3n) is 3.69. The number of carbonyl (C=O) groups excluding carboxylic acids is 1. The van der Waals surface area contributed by atoms with E-state index < -0.39 is 0 Å². The summed E-state index contributed by atoms with van der Waals surface area (Å²) in [7, 11) is 0. The van der Waals surface area contributed by atoms with Crippen molar-refractivity contribution < 1.29 is 9.18 Å². The van der Waals surface area contributed by atoms with E-state index >= 15 is 0 Å². The second-order valence-corrected chi connectivity index (χ2v) is 5.22. The van der Waals surface area contributed by atoms with E-state index in [0.29, 0.717) is 5.69 Å². The molecule has 5 heteroatoms. The molecule has 0 saturated carbocycles. The predicted octanol–water partition coefficient (Wildman–Crippen LogP) is 2.88. The van der Waals surface area contributed by atoms with Gasteiger partial charge in [0, 0.05) is 11.1 Å². The highest BCUT2D eigenvalue weighted by Crippen LogP contribution is 2.30. The molecule has 1 aromatic carbocycles. The van der Waals surface area contributed by atoms with Gasteiger partial charge in [-0.05, 0) is 56.6 Å². The Kier molecular flexibility index (Phi) is 5.32. The first-order chi connectivity index (χ1) is 8.51. The molecule has 0 aliphatic carbocycles. The van der Waals surface area contributed by atoms with E-state index in [1.165, 1.54) is 12.1 Å². The Morgan fingerprint density at radius 1 is 1.37 bits per heavy atom. The van der Waals surface area contributed by atoms with Crippen LogP contribution in [0.3, 0.4) is 0 Å². The van der Waals surface area contributed by atoms with Crippen molar-refractivity contribution in [2.45, 2.75) is 26.7 Å². The summed E-state index contributed by atoms with van der Waals surface area (Å²) in [5.41, 5.74) is 1.12. The van der Waals surface area contributed by atoms with E-state index in [1.54, 1.807) is 13.0 Å². The van der Waals surface area contributed by atoms with Gasteiger partial charge < -0.3 is 10.6 Å². The Labute approximate surface area is 119 Å². The molecule has 0 aromatic heterocycles. The van der Waals surface area contributed by atoms with E-state index in [2.05, 4.69) is 10.6 Å². The molecule has 1 aromatic rings. The summed E-state index contributed by atoms with van der Waals surface area (Å²) >= 11 is 0. The summed E-state index contributed by atoms with van der Waals surface area (Å²) in [5.74, 6) is -0.253. The largest absolute Gasteiger partial charge is 0.325 e. The number of hydrogen-bond acceptors (Lipinski definition) is 2. The molecule has 0 radical (unpaired) electrons. The predicted molar refractivity (Wildman–Crippen MR) is 77.2 cm³/mol. The van der Waals surface area contributed by atoms with Crippen molar-refractivity contribution in [3.8, 4) is 0 Å². The Balaban J connectivity index is 0.00000180. The zero-order chi connectivity index (χ0) is 13.2. The molecule has 3 nitrogen and oxygen atoms in total. The van der Waals surface area contributed by atoms with Crippen molar-refractivity contribution in [3.63, 3.8) is 0 Å². The van der Waals surface area contributed by atoms with Crippen molar-refractivity contribution >= 4 is 24.0 Å². The van der Waals surface area contributed by atoms with Crippen molar-refractivity contribution in [1.29, 1.82) is 0 Å². The van der Waals surface area contributed by atoms with Gasteiger partial charge in [-0.25, -0.2) is 4.39 Å². The van der Waals surface area contributed by atoms with Crippen molar-refractivity contribution in [3.05, 3.63) is 29.6 Å². The first kappa shape index (κ1) is 15.9. The van der Waals surface area contributed by atoms with E-state index in [1.807, 2.05) is 6.92 Å². The van der Waals surface area contributed by atoms with Gasteiger partial charge in [-0.1, -0.05) is 6.92 Å². The summed E-state index contributed by atoms with van der Waals surface area (Å²) in [6, 6.07) is 4.42. The number of aryl methyl sites for hydroxylation is 1. The fraction of sp³-hybridized carbons (Fsp3) is 0.500. The van der Waals surface area contributed by atoms with Gasteiger partial charge in [0.2, 0.25) is 5.91 Å². The summed E-state index contributed by atoms with van der Waals surface area (Å²) < 4.78 is 13.0. The summed E-state index contributed by atoms with van der Waals surface area (Å²) in [6.07, 6.45) is 1.66. The highest BCUT2D eigenvalue weighted by atomic mass is 35.5. The lowest BCUT2D eigenvalue weighted by atomic mass is 9.80. The third kappa shape index (κ3) is 3.67. The van der Waals surface area contributed by atoms with Gasteiger partial charge in [-0.3, -0.25) is 4.79 Å². The third-order valence-corrected chi connectivity index (χ3v) is 3.69. The fourth-order valence-electron chi connectivity index (χ4n) is 2.25. The Bertz CT molecular complexity index is 459. The minimum atomic E-state index is -0.327. The Morgan fingerprint density at radius 3 is 2.58 bits per heavy atom. The number of piperidine rings is 1. The van der Waals surface area contributed by atoms with E-state index in [-0.39, 0.29) is 29.5 Å². The maximum atomic E-state index is 13.0. The molecule has 0 unspecified atom stereocenters. The molecule has 2 N–H and O–H groups in total. The monoisotopic (exact) mass is 286 g/mol. The van der Waals surface area contributed by atoms with Crippen LogP contribution in [0, 0.1) is 18.2 Å². The number of benzene rings is 1. The van der Waals surface area contributed by atoms with Crippen LogP contribution in [-0.4, -0.2) is 19.0 Å². The molecule has 1 amide bonds. The molecule has 106 valence electrons. The quantitative estimate of drug-likeness (QED) is 0.878. The van der Waals surface area contributed by atoms with Gasteiger partial charge in [0.25, 0.3) is 0 Å². The highest BCUT2D eigenvalue weighted by Gasteiger charge is 2.34. The standard InChI is InChI=1S/C14H19FN2O.ClH/c1-10-9-11(15)3-4-12(10)17-13(18)14(2)5-7-16-8-6-14;/h3-4,9,16H,5-8H2,1-2H3,(H,17,18);1H. The number of rotatable bonds is 2. The van der Waals surface area contributed by atoms with Crippen LogP contribution in [0.15, 0.2) is 18.2 Å². The lowest BCUT2D eigenvalue weighted by Gasteiger charge is -2.32. The van der Waals surface area contributed by atoms with Gasteiger partial charge in [0.05, 0.1) is 0 Å². The van der Waals surface area contributed by atoms with Gasteiger partial charge in [-0.2, -0.15) is 0 Å². The molecule has 0 atom stereocenters. The molecule has 19 heavy (non-hydrogen) atoms. The molecule has 1 saturated heterocycles. The summed E-state index contributed by atoms with van der Waals surface area (Å²) in [6.45, 7) is 5.52. The van der Waals surface area contributed by atoms with Crippen LogP contribution in [0.2, 0.25) is 0 Å². The van der Waals surface area contributed by atoms with Crippen LogP contribution in [0.4, 0.5) is 10.1 Å². The first-order valence-electron chi connectivity index (χ1n) is 6.30. The van der Waals surface area contributed by atoms with Crippen LogP contribution in [0.1, 0.15) is 25.3 Å². The van der Waals surface area contributed by atoms with Crippen molar-refractivity contribution in [2.24, 2.45) is 5.41 Å². The van der Waals surface area contributed by atoms with Crippen LogP contribution in [0.5, 0.6) is 0 Å². The maximum absolute atomic E-state index is 13.0. The molecule has 0 spiro atoms. The topological polar surface area (TPSA) is 41.1 Å². The highest BCUT2D eigenvalue weighted by molar-refractivity contribution is 5.95. The molecule has 1 aliphatic heterocycles. The first-order valence-corrected chi connectivity index (χ1v) is 6.30. The van der Waals surface area contributed by atoms with Crippen LogP contribution >= 0.6 is 12.4 Å². The Hall–Kier alpha value is -1.13. The summed E-state index contributed by atoms with van der Waals surface area (Å²) in [4.78, 5) is 12.3. The Morgan fingerprint density at radius 2 is 2.00 bits per heavy atom. The number of carbonyl (C=O) groups is 1.